The predicted octanol–water partition coefficient (Wildman–Crippen LogP) is 5.65. The van der Waals surface area contributed by atoms with Crippen LogP contribution in [0.3, 0.4) is 0 Å². The molecule has 1 aliphatic heterocycles. The molecule has 6 heteroatoms. The number of hydrogen-bond acceptors (Lipinski definition) is 5. The van der Waals surface area contributed by atoms with Gasteiger partial charge in [0.05, 0.1) is 24.1 Å². The van der Waals surface area contributed by atoms with Crippen molar-refractivity contribution in [2.24, 2.45) is 5.41 Å². The van der Waals surface area contributed by atoms with Gasteiger partial charge in [0.1, 0.15) is 11.8 Å². The third-order valence-electron chi connectivity index (χ3n) is 7.15. The summed E-state index contributed by atoms with van der Waals surface area (Å²) >= 11 is 0. The normalized spacial score (nSPS) is 16.9. The van der Waals surface area contributed by atoms with Gasteiger partial charge < -0.3 is 4.90 Å². The zero-order chi connectivity index (χ0) is 23.2. The van der Waals surface area contributed by atoms with Crippen LogP contribution in [0.5, 0.6) is 0 Å². The van der Waals surface area contributed by atoms with E-state index in [0.29, 0.717) is 17.2 Å². The molecule has 0 N–H and O–H groups in total. The van der Waals surface area contributed by atoms with Crippen LogP contribution >= 0.6 is 0 Å². The summed E-state index contributed by atoms with van der Waals surface area (Å²) in [6.07, 6.45) is 11.0. The van der Waals surface area contributed by atoms with Gasteiger partial charge in [-0.15, -0.1) is 0 Å². The lowest BCUT2D eigenvalue weighted by atomic mass is 9.89. The lowest BCUT2D eigenvalue weighted by Gasteiger charge is -2.23. The minimum absolute atomic E-state index is 0.321. The van der Waals surface area contributed by atoms with Crippen LogP contribution in [0.25, 0.3) is 28.1 Å². The fraction of sp³-hybridized carbons (Fsp3) is 0.407. The van der Waals surface area contributed by atoms with Crippen LogP contribution in [0.4, 0.5) is 0 Å². The Morgan fingerprint density at radius 2 is 1.94 bits per heavy atom. The first-order valence-corrected chi connectivity index (χ1v) is 11.8. The van der Waals surface area contributed by atoms with Gasteiger partial charge >= 0.3 is 0 Å². The van der Waals surface area contributed by atoms with E-state index in [9.17, 15) is 5.26 Å². The van der Waals surface area contributed by atoms with Crippen molar-refractivity contribution in [1.29, 1.82) is 5.26 Å². The van der Waals surface area contributed by atoms with Gasteiger partial charge in [0.15, 0.2) is 0 Å². The number of pyridine rings is 2. The molecule has 1 fully saturated rings. The third kappa shape index (κ3) is 3.93. The zero-order valence-corrected chi connectivity index (χ0v) is 19.7. The van der Waals surface area contributed by atoms with Crippen molar-refractivity contribution in [1.82, 2.24) is 24.6 Å². The summed E-state index contributed by atoms with van der Waals surface area (Å²) < 4.78 is 2.06. The number of hydrogen-bond donors (Lipinski definition) is 0. The summed E-state index contributed by atoms with van der Waals surface area (Å²) in [6.45, 7) is 12.7. The molecule has 0 bridgehead atoms. The minimum Gasteiger partial charge on any atom is -0.363 e. The molecular formula is C27H30N6. The second kappa shape index (κ2) is 8.15. The van der Waals surface area contributed by atoms with Crippen LogP contribution in [0, 0.1) is 16.7 Å². The molecule has 0 spiro atoms. The van der Waals surface area contributed by atoms with E-state index in [2.05, 4.69) is 65.3 Å². The Morgan fingerprint density at radius 1 is 1.15 bits per heavy atom. The lowest BCUT2D eigenvalue weighted by molar-refractivity contribution is 0.268. The van der Waals surface area contributed by atoms with Gasteiger partial charge in [0.25, 0.3) is 0 Å². The Labute approximate surface area is 195 Å². The largest absolute Gasteiger partial charge is 0.363 e. The van der Waals surface area contributed by atoms with E-state index < -0.39 is 0 Å². The molecule has 0 saturated heterocycles. The monoisotopic (exact) mass is 438 g/mol. The first-order valence-electron chi connectivity index (χ1n) is 11.8. The van der Waals surface area contributed by atoms with Crippen molar-refractivity contribution in [2.45, 2.75) is 65.6 Å². The molecule has 1 aliphatic carbocycles. The summed E-state index contributed by atoms with van der Waals surface area (Å²) in [5.41, 5.74) is 7.41. The van der Waals surface area contributed by atoms with E-state index in [4.69, 9.17) is 4.98 Å². The van der Waals surface area contributed by atoms with Crippen molar-refractivity contribution in [3.8, 4) is 28.5 Å². The highest BCUT2D eigenvalue weighted by atomic mass is 15.3. The molecule has 168 valence electrons. The van der Waals surface area contributed by atoms with Crippen LogP contribution in [0.1, 0.15) is 63.4 Å². The maximum Gasteiger partial charge on any atom is 0.141 e. The molecular weight excluding hydrogens is 408 g/mol. The van der Waals surface area contributed by atoms with E-state index >= 15 is 0 Å². The number of fused-ring (bicyclic) bond motifs is 1. The molecule has 3 aromatic heterocycles. The lowest BCUT2D eigenvalue weighted by Crippen LogP contribution is -2.23. The van der Waals surface area contributed by atoms with Gasteiger partial charge in [0, 0.05) is 52.9 Å². The number of rotatable bonds is 5. The molecule has 2 aliphatic rings. The Kier molecular flexibility index (Phi) is 5.28. The number of nitrogens with zero attached hydrogens (tertiary/aromatic N) is 6. The molecule has 1 saturated carbocycles. The first-order chi connectivity index (χ1) is 15.9. The molecule has 0 unspecified atom stereocenters. The Balaban J connectivity index is 1.53. The van der Waals surface area contributed by atoms with Gasteiger partial charge in [-0.2, -0.15) is 10.4 Å². The van der Waals surface area contributed by atoms with Gasteiger partial charge in [-0.3, -0.25) is 9.67 Å². The van der Waals surface area contributed by atoms with Crippen LogP contribution in [0.2, 0.25) is 0 Å². The Bertz CT molecular complexity index is 1260. The number of nitriles is 1. The quantitative estimate of drug-likeness (QED) is 0.514. The maximum absolute atomic E-state index is 9.49. The molecule has 0 atom stereocenters. The van der Waals surface area contributed by atoms with Crippen LogP contribution < -0.4 is 0 Å². The van der Waals surface area contributed by atoms with Gasteiger partial charge in [-0.05, 0) is 50.3 Å². The van der Waals surface area contributed by atoms with E-state index in [1.807, 2.05) is 18.5 Å². The number of aromatic nitrogens is 4. The fourth-order valence-corrected chi connectivity index (χ4v) is 5.25. The third-order valence-corrected chi connectivity index (χ3v) is 7.15. The van der Waals surface area contributed by atoms with E-state index in [1.54, 1.807) is 6.07 Å². The van der Waals surface area contributed by atoms with Crippen molar-refractivity contribution >= 4 is 5.70 Å². The molecule has 0 amide bonds. The van der Waals surface area contributed by atoms with Crippen molar-refractivity contribution in [3.05, 3.63) is 60.3 Å². The molecule has 3 aromatic rings. The van der Waals surface area contributed by atoms with Crippen molar-refractivity contribution in [3.63, 3.8) is 0 Å². The summed E-state index contributed by atoms with van der Waals surface area (Å²) in [7, 11) is 0. The highest BCUT2D eigenvalue weighted by Crippen LogP contribution is 2.40. The smallest absolute Gasteiger partial charge is 0.141 e. The minimum atomic E-state index is 0.321. The molecule has 4 heterocycles. The van der Waals surface area contributed by atoms with Crippen LogP contribution in [0.15, 0.2) is 43.4 Å². The summed E-state index contributed by atoms with van der Waals surface area (Å²) in [4.78, 5) is 11.7. The highest BCUT2D eigenvalue weighted by Gasteiger charge is 2.30. The second-order valence-corrected chi connectivity index (χ2v) is 10.0. The molecule has 6 nitrogen and oxygen atoms in total. The maximum atomic E-state index is 9.49. The fourth-order valence-electron chi connectivity index (χ4n) is 5.25. The van der Waals surface area contributed by atoms with Crippen LogP contribution in [-0.4, -0.2) is 30.7 Å². The van der Waals surface area contributed by atoms with Crippen molar-refractivity contribution in [2.75, 3.05) is 0 Å². The molecule has 33 heavy (non-hydrogen) atoms. The average Bonchev–Trinajstić information content (AvgIpc) is 3.53. The van der Waals surface area contributed by atoms with E-state index in [-0.39, 0.29) is 0 Å². The van der Waals surface area contributed by atoms with E-state index in [0.717, 1.165) is 52.4 Å². The molecule has 0 aromatic carbocycles. The predicted molar refractivity (Wildman–Crippen MR) is 130 cm³/mol. The van der Waals surface area contributed by atoms with Gasteiger partial charge in [-0.1, -0.05) is 26.3 Å². The van der Waals surface area contributed by atoms with Gasteiger partial charge in [0.2, 0.25) is 0 Å². The van der Waals surface area contributed by atoms with Crippen molar-refractivity contribution < 1.29 is 0 Å². The zero-order valence-electron chi connectivity index (χ0n) is 19.7. The van der Waals surface area contributed by atoms with Gasteiger partial charge in [-0.25, -0.2) is 4.98 Å². The Hall–Kier alpha value is -3.46. The summed E-state index contributed by atoms with van der Waals surface area (Å²) in [6, 6.07) is 8.40. The topological polar surface area (TPSA) is 70.6 Å². The second-order valence-electron chi connectivity index (χ2n) is 10.0. The highest BCUT2D eigenvalue weighted by molar-refractivity contribution is 5.82. The standard InChI is InChI=1S/C27H30N6/c1-18(2)33-16-25-24(19(33)3)11-20(13-29-25)26-23(8-7-22(12-28)31-26)21-14-30-32(15-21)17-27(4)9-5-6-10-27/h7-8,11,13-15,18H,3,5-6,9-10,16-17H2,1-2,4H3. The van der Waals surface area contributed by atoms with Crippen LogP contribution in [-0.2, 0) is 13.1 Å². The molecule has 0 radical (unpaired) electrons. The Morgan fingerprint density at radius 3 is 2.67 bits per heavy atom. The first kappa shape index (κ1) is 21.4. The SMILES string of the molecule is C=C1c2cc(-c3nc(C#N)ccc3-c3cnn(CC4(C)CCCC4)c3)cnc2CN1C(C)C. The average molecular weight is 439 g/mol. The molecule has 5 rings (SSSR count). The summed E-state index contributed by atoms with van der Waals surface area (Å²) in [5, 5.41) is 14.2. The van der Waals surface area contributed by atoms with E-state index in [1.165, 1.54) is 25.7 Å². The summed E-state index contributed by atoms with van der Waals surface area (Å²) in [5.74, 6) is 0.